The van der Waals surface area contributed by atoms with Gasteiger partial charge < -0.3 is 19.9 Å². The molecule has 0 saturated carbocycles. The highest BCUT2D eigenvalue weighted by molar-refractivity contribution is 5.76. The van der Waals surface area contributed by atoms with Gasteiger partial charge in [-0.15, -0.1) is 0 Å². The minimum absolute atomic E-state index is 0.211. The predicted molar refractivity (Wildman–Crippen MR) is 102 cm³/mol. The van der Waals surface area contributed by atoms with E-state index in [1.165, 1.54) is 0 Å². The van der Waals surface area contributed by atoms with Gasteiger partial charge in [-0.2, -0.15) is 0 Å². The fourth-order valence-corrected chi connectivity index (χ4v) is 3.18. The van der Waals surface area contributed by atoms with Gasteiger partial charge in [0.2, 0.25) is 5.91 Å². The lowest BCUT2D eigenvalue weighted by Gasteiger charge is -2.36. The second kappa shape index (κ2) is 9.20. The number of pyridine rings is 1. The molecule has 2 aromatic rings. The number of rotatable bonds is 7. The SMILES string of the molecule is COc1ccccc1N1CCN(C(=O)CCNCc2cccnc2)CC1. The molecule has 2 heterocycles. The molecule has 0 aliphatic carbocycles. The number of methoxy groups -OCH3 is 1. The fourth-order valence-electron chi connectivity index (χ4n) is 3.18. The topological polar surface area (TPSA) is 57.7 Å². The van der Waals surface area contributed by atoms with Crippen LogP contribution in [0, 0.1) is 0 Å². The molecule has 0 atom stereocenters. The quantitative estimate of drug-likeness (QED) is 0.770. The zero-order valence-corrected chi connectivity index (χ0v) is 15.2. The summed E-state index contributed by atoms with van der Waals surface area (Å²) < 4.78 is 5.44. The van der Waals surface area contributed by atoms with Crippen LogP contribution in [-0.2, 0) is 11.3 Å². The third kappa shape index (κ3) is 4.73. The summed E-state index contributed by atoms with van der Waals surface area (Å²) in [6.07, 6.45) is 4.12. The summed E-state index contributed by atoms with van der Waals surface area (Å²) in [6.45, 7) is 4.58. The van der Waals surface area contributed by atoms with Gasteiger partial charge in [0.15, 0.2) is 0 Å². The van der Waals surface area contributed by atoms with E-state index in [0.717, 1.165) is 49.7 Å². The van der Waals surface area contributed by atoms with Gasteiger partial charge in [0, 0.05) is 58.1 Å². The highest BCUT2D eigenvalue weighted by Gasteiger charge is 2.22. The zero-order chi connectivity index (χ0) is 18.2. The minimum atomic E-state index is 0.211. The van der Waals surface area contributed by atoms with E-state index in [1.807, 2.05) is 41.4 Å². The Morgan fingerprint density at radius 2 is 1.96 bits per heavy atom. The Labute approximate surface area is 154 Å². The molecule has 1 saturated heterocycles. The number of ether oxygens (including phenoxy) is 1. The van der Waals surface area contributed by atoms with Crippen LogP contribution in [-0.4, -0.2) is 55.6 Å². The molecular formula is C20H26N4O2. The third-order valence-corrected chi connectivity index (χ3v) is 4.63. The van der Waals surface area contributed by atoms with E-state index in [2.05, 4.69) is 21.3 Å². The molecule has 1 aromatic carbocycles. The molecule has 6 heteroatoms. The van der Waals surface area contributed by atoms with Crippen LogP contribution in [0.25, 0.3) is 0 Å². The molecule has 138 valence electrons. The van der Waals surface area contributed by atoms with Crippen molar-refractivity contribution < 1.29 is 9.53 Å². The van der Waals surface area contributed by atoms with Crippen LogP contribution < -0.4 is 15.0 Å². The van der Waals surface area contributed by atoms with Gasteiger partial charge in [-0.1, -0.05) is 18.2 Å². The van der Waals surface area contributed by atoms with Crippen molar-refractivity contribution in [3.8, 4) is 5.75 Å². The number of anilines is 1. The number of benzene rings is 1. The lowest BCUT2D eigenvalue weighted by Crippen LogP contribution is -2.49. The van der Waals surface area contributed by atoms with E-state index in [4.69, 9.17) is 4.74 Å². The first-order valence-corrected chi connectivity index (χ1v) is 9.03. The first-order valence-electron chi connectivity index (χ1n) is 9.03. The third-order valence-electron chi connectivity index (χ3n) is 4.63. The molecule has 0 unspecified atom stereocenters. The Morgan fingerprint density at radius 3 is 2.69 bits per heavy atom. The van der Waals surface area contributed by atoms with Crippen LogP contribution in [0.15, 0.2) is 48.8 Å². The number of nitrogens with zero attached hydrogens (tertiary/aromatic N) is 3. The van der Waals surface area contributed by atoms with E-state index in [9.17, 15) is 4.79 Å². The molecule has 26 heavy (non-hydrogen) atoms. The van der Waals surface area contributed by atoms with Crippen LogP contribution >= 0.6 is 0 Å². The maximum absolute atomic E-state index is 12.4. The standard InChI is InChI=1S/C20H26N4O2/c1-26-19-7-3-2-6-18(19)23-11-13-24(14-12-23)20(25)8-10-22-16-17-5-4-9-21-15-17/h2-7,9,15,22H,8,10-14,16H2,1H3. The average molecular weight is 354 g/mol. The molecule has 1 aliphatic heterocycles. The fraction of sp³-hybridized carbons (Fsp3) is 0.400. The molecule has 0 spiro atoms. The van der Waals surface area contributed by atoms with E-state index < -0.39 is 0 Å². The lowest BCUT2D eigenvalue weighted by atomic mass is 10.2. The van der Waals surface area contributed by atoms with Crippen molar-refractivity contribution in [2.24, 2.45) is 0 Å². The first kappa shape index (κ1) is 18.2. The number of hydrogen-bond donors (Lipinski definition) is 1. The summed E-state index contributed by atoms with van der Waals surface area (Å²) >= 11 is 0. The summed E-state index contributed by atoms with van der Waals surface area (Å²) in [4.78, 5) is 20.7. The van der Waals surface area contributed by atoms with Gasteiger partial charge >= 0.3 is 0 Å². The number of carbonyl (C=O) groups excluding carboxylic acids is 1. The molecule has 1 aromatic heterocycles. The van der Waals surface area contributed by atoms with E-state index in [0.29, 0.717) is 13.0 Å². The Balaban J connectivity index is 1.41. The zero-order valence-electron chi connectivity index (χ0n) is 15.2. The van der Waals surface area contributed by atoms with Crippen LogP contribution in [0.3, 0.4) is 0 Å². The van der Waals surface area contributed by atoms with Gasteiger partial charge in [-0.25, -0.2) is 0 Å². The number of nitrogens with one attached hydrogen (secondary N) is 1. The Hall–Kier alpha value is -2.60. The minimum Gasteiger partial charge on any atom is -0.495 e. The molecule has 0 radical (unpaired) electrons. The van der Waals surface area contributed by atoms with Gasteiger partial charge in [-0.05, 0) is 23.8 Å². The van der Waals surface area contributed by atoms with Crippen LogP contribution in [0.1, 0.15) is 12.0 Å². The largest absolute Gasteiger partial charge is 0.495 e. The van der Waals surface area contributed by atoms with Gasteiger partial charge in [-0.3, -0.25) is 9.78 Å². The number of hydrogen-bond acceptors (Lipinski definition) is 5. The highest BCUT2D eigenvalue weighted by atomic mass is 16.5. The highest BCUT2D eigenvalue weighted by Crippen LogP contribution is 2.28. The van der Waals surface area contributed by atoms with Crippen molar-refractivity contribution >= 4 is 11.6 Å². The molecule has 1 N–H and O–H groups in total. The van der Waals surface area contributed by atoms with Crippen LogP contribution in [0.4, 0.5) is 5.69 Å². The van der Waals surface area contributed by atoms with Gasteiger partial charge in [0.05, 0.1) is 12.8 Å². The van der Waals surface area contributed by atoms with Crippen LogP contribution in [0.2, 0.25) is 0 Å². The Bertz CT molecular complexity index is 700. The second-order valence-corrected chi connectivity index (χ2v) is 6.33. The first-order chi connectivity index (χ1) is 12.8. The molecule has 1 amide bonds. The molecule has 0 bridgehead atoms. The predicted octanol–water partition coefficient (Wildman–Crippen LogP) is 1.92. The number of carbonyl (C=O) groups is 1. The molecule has 1 aliphatic rings. The van der Waals surface area contributed by atoms with Crippen molar-refractivity contribution in [2.75, 3.05) is 44.7 Å². The number of para-hydroxylation sites is 2. The number of amides is 1. The summed E-state index contributed by atoms with van der Waals surface area (Å²) in [6, 6.07) is 12.0. The van der Waals surface area contributed by atoms with E-state index >= 15 is 0 Å². The number of piperazine rings is 1. The van der Waals surface area contributed by atoms with Gasteiger partial charge in [0.1, 0.15) is 5.75 Å². The van der Waals surface area contributed by atoms with Crippen LogP contribution in [0.5, 0.6) is 5.75 Å². The van der Waals surface area contributed by atoms with Crippen molar-refractivity contribution in [3.05, 3.63) is 54.4 Å². The van der Waals surface area contributed by atoms with Crippen molar-refractivity contribution in [1.82, 2.24) is 15.2 Å². The summed E-state index contributed by atoms with van der Waals surface area (Å²) in [5, 5.41) is 3.31. The average Bonchev–Trinajstić information content (AvgIpc) is 2.72. The monoisotopic (exact) mass is 354 g/mol. The molecule has 3 rings (SSSR count). The smallest absolute Gasteiger partial charge is 0.223 e. The summed E-state index contributed by atoms with van der Waals surface area (Å²) in [5.41, 5.74) is 2.23. The normalized spacial score (nSPS) is 14.3. The second-order valence-electron chi connectivity index (χ2n) is 6.33. The van der Waals surface area contributed by atoms with Crippen molar-refractivity contribution in [3.63, 3.8) is 0 Å². The van der Waals surface area contributed by atoms with Crippen molar-refractivity contribution in [2.45, 2.75) is 13.0 Å². The molecular weight excluding hydrogens is 328 g/mol. The summed E-state index contributed by atoms with van der Waals surface area (Å²) in [5.74, 6) is 1.09. The van der Waals surface area contributed by atoms with E-state index in [-0.39, 0.29) is 5.91 Å². The maximum Gasteiger partial charge on any atom is 0.223 e. The Morgan fingerprint density at radius 1 is 1.15 bits per heavy atom. The lowest BCUT2D eigenvalue weighted by molar-refractivity contribution is -0.131. The van der Waals surface area contributed by atoms with Crippen molar-refractivity contribution in [1.29, 1.82) is 0 Å². The number of aromatic nitrogens is 1. The summed E-state index contributed by atoms with van der Waals surface area (Å²) in [7, 11) is 1.69. The maximum atomic E-state index is 12.4. The van der Waals surface area contributed by atoms with Gasteiger partial charge in [0.25, 0.3) is 0 Å². The Kier molecular flexibility index (Phi) is 6.44. The molecule has 1 fully saturated rings. The van der Waals surface area contributed by atoms with E-state index in [1.54, 1.807) is 13.3 Å². The molecule has 6 nitrogen and oxygen atoms in total.